The fourth-order valence-corrected chi connectivity index (χ4v) is 7.69. The lowest BCUT2D eigenvalue weighted by atomic mass is 9.55. The van der Waals surface area contributed by atoms with Gasteiger partial charge in [-0.05, 0) is 98.9 Å². The van der Waals surface area contributed by atoms with E-state index in [1.54, 1.807) is 0 Å². The molecular weight excluding hydrogens is 480 g/mol. The minimum Gasteiger partial charge on any atom is -0.489 e. The second kappa shape index (κ2) is 10.2. The number of hydrogen-bond acceptors (Lipinski definition) is 6. The van der Waals surface area contributed by atoms with Crippen molar-refractivity contribution < 1.29 is 28.5 Å². The summed E-state index contributed by atoms with van der Waals surface area (Å²) in [5, 5.41) is 0. The van der Waals surface area contributed by atoms with Crippen LogP contribution in [0.15, 0.2) is 48.5 Å². The number of benzene rings is 2. The summed E-state index contributed by atoms with van der Waals surface area (Å²) in [6.45, 7) is 7.25. The van der Waals surface area contributed by atoms with Gasteiger partial charge in [0.05, 0.1) is 6.61 Å². The highest BCUT2D eigenvalue weighted by Crippen LogP contribution is 2.61. The van der Waals surface area contributed by atoms with Crippen molar-refractivity contribution in [2.24, 2.45) is 17.3 Å². The molecule has 0 radical (unpaired) electrons. The van der Waals surface area contributed by atoms with Crippen LogP contribution < -0.4 is 4.74 Å². The molecule has 6 heteroatoms. The highest BCUT2D eigenvalue weighted by Gasteiger charge is 2.56. The second-order valence-electron chi connectivity index (χ2n) is 12.3. The monoisotopic (exact) mass is 520 g/mol. The average Bonchev–Trinajstić information content (AvgIpc) is 3.44. The topological polar surface area (TPSA) is 63.2 Å². The second-order valence-corrected chi connectivity index (χ2v) is 12.3. The number of fused-ring (bicyclic) bond motifs is 5. The van der Waals surface area contributed by atoms with Crippen molar-refractivity contribution in [1.82, 2.24) is 0 Å². The largest absolute Gasteiger partial charge is 0.508 e. The molecule has 204 valence electrons. The molecule has 6 atom stereocenters. The van der Waals surface area contributed by atoms with Crippen LogP contribution in [0.3, 0.4) is 0 Å². The predicted octanol–water partition coefficient (Wildman–Crippen LogP) is 6.80. The summed E-state index contributed by atoms with van der Waals surface area (Å²) in [7, 11) is 0. The molecule has 0 aromatic heterocycles. The molecule has 0 bridgehead atoms. The molecule has 1 aliphatic heterocycles. The Kier molecular flexibility index (Phi) is 6.89. The Bertz CT molecular complexity index is 1150. The fraction of sp³-hybridized carbons (Fsp3) is 0.594. The first-order chi connectivity index (χ1) is 18.3. The number of hydrogen-bond donors (Lipinski definition) is 0. The van der Waals surface area contributed by atoms with Gasteiger partial charge in [0, 0.05) is 5.41 Å². The lowest BCUT2D eigenvalue weighted by molar-refractivity contribution is -0.144. The normalized spacial score (nSPS) is 33.1. The first kappa shape index (κ1) is 25.7. The summed E-state index contributed by atoms with van der Waals surface area (Å²) in [4.78, 5) is 12.6. The van der Waals surface area contributed by atoms with Crippen LogP contribution in [0.5, 0.6) is 5.75 Å². The molecule has 2 saturated carbocycles. The van der Waals surface area contributed by atoms with E-state index < -0.39 is 11.9 Å². The van der Waals surface area contributed by atoms with Crippen LogP contribution in [0.1, 0.15) is 75.5 Å². The molecule has 6 rings (SSSR count). The van der Waals surface area contributed by atoms with Crippen LogP contribution in [-0.2, 0) is 32.0 Å². The van der Waals surface area contributed by atoms with Crippen molar-refractivity contribution in [2.45, 2.75) is 89.8 Å². The molecule has 1 heterocycles. The maximum atomic E-state index is 12.6. The van der Waals surface area contributed by atoms with E-state index in [0.29, 0.717) is 31.0 Å². The van der Waals surface area contributed by atoms with Gasteiger partial charge >= 0.3 is 6.16 Å². The molecule has 0 N–H and O–H groups in total. The third-order valence-corrected chi connectivity index (χ3v) is 9.55. The summed E-state index contributed by atoms with van der Waals surface area (Å²) < 4.78 is 28.8. The van der Waals surface area contributed by atoms with Gasteiger partial charge in [0.15, 0.2) is 5.79 Å². The number of carbonyl (C=O) groups excluding carboxylic acids is 1. The molecule has 2 aromatic rings. The van der Waals surface area contributed by atoms with E-state index in [1.165, 1.54) is 23.1 Å². The number of carbonyl (C=O) groups is 1. The molecule has 3 fully saturated rings. The van der Waals surface area contributed by atoms with Crippen molar-refractivity contribution in [3.05, 3.63) is 65.2 Å². The Labute approximate surface area is 225 Å². The predicted molar refractivity (Wildman–Crippen MR) is 143 cm³/mol. The standard InChI is InChI=1S/C32H40O6/c1-31(2)36-20-24(38-31)19-35-30(33)37-29-14-13-28-27-11-9-22-17-23(34-18-21-7-5-4-6-8-21)10-12-25(22)26(27)15-16-32(28,29)3/h4-8,10,12,17,24,26-29H,9,11,13-16,18-20H2,1-3H3. The van der Waals surface area contributed by atoms with E-state index in [1.807, 2.05) is 32.0 Å². The lowest BCUT2D eigenvalue weighted by Gasteiger charge is -2.50. The van der Waals surface area contributed by atoms with Crippen molar-refractivity contribution in [2.75, 3.05) is 13.2 Å². The Morgan fingerprint density at radius 3 is 2.66 bits per heavy atom. The van der Waals surface area contributed by atoms with E-state index in [2.05, 4.69) is 37.3 Å². The molecule has 0 spiro atoms. The maximum absolute atomic E-state index is 12.6. The third-order valence-electron chi connectivity index (χ3n) is 9.55. The highest BCUT2D eigenvalue weighted by atomic mass is 16.8. The van der Waals surface area contributed by atoms with Crippen LogP contribution in [0.4, 0.5) is 4.79 Å². The third kappa shape index (κ3) is 5.05. The molecular formula is C32H40O6. The molecule has 3 aliphatic carbocycles. The summed E-state index contributed by atoms with van der Waals surface area (Å²) in [5.74, 6) is 2.10. The van der Waals surface area contributed by atoms with Gasteiger partial charge in [-0.15, -0.1) is 0 Å². The number of ether oxygens (including phenoxy) is 5. The smallest absolute Gasteiger partial charge is 0.489 e. The summed E-state index contributed by atoms with van der Waals surface area (Å²) in [6.07, 6.45) is 5.57. The zero-order valence-electron chi connectivity index (χ0n) is 22.8. The quantitative estimate of drug-likeness (QED) is 0.391. The van der Waals surface area contributed by atoms with Crippen molar-refractivity contribution in [3.63, 3.8) is 0 Å². The summed E-state index contributed by atoms with van der Waals surface area (Å²) >= 11 is 0. The molecule has 4 aliphatic rings. The van der Waals surface area contributed by atoms with E-state index in [-0.39, 0.29) is 24.2 Å². The van der Waals surface area contributed by atoms with Gasteiger partial charge in [-0.25, -0.2) is 4.79 Å². The van der Waals surface area contributed by atoms with Crippen molar-refractivity contribution in [3.8, 4) is 5.75 Å². The van der Waals surface area contributed by atoms with Crippen molar-refractivity contribution in [1.29, 1.82) is 0 Å². The van der Waals surface area contributed by atoms with E-state index in [4.69, 9.17) is 23.7 Å². The summed E-state index contributed by atoms with van der Waals surface area (Å²) in [6, 6.07) is 17.0. The number of rotatable bonds is 6. The Morgan fingerprint density at radius 2 is 1.87 bits per heavy atom. The van der Waals surface area contributed by atoms with Crippen LogP contribution in [0, 0.1) is 17.3 Å². The zero-order chi connectivity index (χ0) is 26.3. The first-order valence-electron chi connectivity index (χ1n) is 14.3. The van der Waals surface area contributed by atoms with E-state index >= 15 is 0 Å². The van der Waals surface area contributed by atoms with E-state index in [9.17, 15) is 4.79 Å². The lowest BCUT2D eigenvalue weighted by Crippen LogP contribution is -2.45. The van der Waals surface area contributed by atoms with Gasteiger partial charge in [0.2, 0.25) is 0 Å². The first-order valence-corrected chi connectivity index (χ1v) is 14.3. The Hall–Kier alpha value is -2.57. The fourth-order valence-electron chi connectivity index (χ4n) is 7.69. The molecule has 2 aromatic carbocycles. The molecule has 38 heavy (non-hydrogen) atoms. The highest BCUT2D eigenvalue weighted by molar-refractivity contribution is 5.60. The minimum atomic E-state index is -0.627. The minimum absolute atomic E-state index is 0.00534. The Morgan fingerprint density at radius 1 is 1.03 bits per heavy atom. The van der Waals surface area contributed by atoms with Gasteiger partial charge in [-0.2, -0.15) is 0 Å². The van der Waals surface area contributed by atoms with E-state index in [0.717, 1.165) is 37.9 Å². The Balaban J connectivity index is 1.06. The molecule has 1 saturated heterocycles. The van der Waals surface area contributed by atoms with Crippen LogP contribution >= 0.6 is 0 Å². The van der Waals surface area contributed by atoms with Crippen LogP contribution in [0.25, 0.3) is 0 Å². The molecule has 0 amide bonds. The molecule has 6 unspecified atom stereocenters. The van der Waals surface area contributed by atoms with Gasteiger partial charge in [-0.3, -0.25) is 0 Å². The zero-order valence-corrected chi connectivity index (χ0v) is 22.8. The van der Waals surface area contributed by atoms with Gasteiger partial charge in [0.25, 0.3) is 0 Å². The van der Waals surface area contributed by atoms with Gasteiger partial charge in [0.1, 0.15) is 31.2 Å². The summed E-state index contributed by atoms with van der Waals surface area (Å²) in [5.41, 5.74) is 4.13. The van der Waals surface area contributed by atoms with Crippen LogP contribution in [-0.4, -0.2) is 37.4 Å². The average molecular weight is 521 g/mol. The van der Waals surface area contributed by atoms with Gasteiger partial charge < -0.3 is 23.7 Å². The number of aryl methyl sites for hydroxylation is 1. The van der Waals surface area contributed by atoms with Crippen molar-refractivity contribution >= 4 is 6.16 Å². The maximum Gasteiger partial charge on any atom is 0.508 e. The van der Waals surface area contributed by atoms with Crippen LogP contribution in [0.2, 0.25) is 0 Å². The van der Waals surface area contributed by atoms with Gasteiger partial charge in [-0.1, -0.05) is 43.3 Å². The SMILES string of the molecule is CC1(C)OCC(COC(=O)OC2CCC3C4CCc5cc(OCc6ccccc6)ccc5C4CCC23C)O1. The molecule has 6 nitrogen and oxygen atoms in total.